The molecule has 1 aromatic rings. The zero-order valence-corrected chi connectivity index (χ0v) is 12.5. The minimum Gasteiger partial charge on any atom is -0.444 e. The Kier molecular flexibility index (Phi) is 3.66. The molecular weight excluding hydrogens is 294 g/mol. The van der Waals surface area contributed by atoms with E-state index in [0.29, 0.717) is 0 Å². The summed E-state index contributed by atoms with van der Waals surface area (Å²) < 4.78 is 6.36. The highest BCUT2D eigenvalue weighted by atomic mass is 79.9. The Balaban J connectivity index is 2.04. The van der Waals surface area contributed by atoms with Crippen LogP contribution in [0, 0.1) is 0 Å². The highest BCUT2D eigenvalue weighted by Crippen LogP contribution is 2.33. The summed E-state index contributed by atoms with van der Waals surface area (Å²) in [5.74, 6) is 0. The molecule has 1 amide bonds. The monoisotopic (exact) mass is 311 g/mol. The Bertz CT molecular complexity index is 465. The summed E-state index contributed by atoms with van der Waals surface area (Å²) in [6, 6.07) is 6.26. The molecule has 0 saturated heterocycles. The van der Waals surface area contributed by atoms with Crippen LogP contribution in [0.3, 0.4) is 0 Å². The smallest absolute Gasteiger partial charge is 0.408 e. The number of carbonyl (C=O) groups is 1. The van der Waals surface area contributed by atoms with Crippen LogP contribution in [-0.4, -0.2) is 11.7 Å². The first kappa shape index (κ1) is 13.4. The van der Waals surface area contributed by atoms with Gasteiger partial charge in [0.2, 0.25) is 0 Å². The molecule has 0 bridgehead atoms. The summed E-state index contributed by atoms with van der Waals surface area (Å²) in [6.07, 6.45) is 1.59. The summed E-state index contributed by atoms with van der Waals surface area (Å²) in [4.78, 5) is 11.7. The Hall–Kier alpha value is -1.03. The van der Waals surface area contributed by atoms with E-state index in [4.69, 9.17) is 4.74 Å². The van der Waals surface area contributed by atoms with Crippen LogP contribution < -0.4 is 5.32 Å². The van der Waals surface area contributed by atoms with Crippen LogP contribution in [0.2, 0.25) is 0 Å². The lowest BCUT2D eigenvalue weighted by molar-refractivity contribution is 0.0504. The number of aryl methyl sites for hydroxylation is 1. The summed E-state index contributed by atoms with van der Waals surface area (Å²) in [7, 11) is 0. The topological polar surface area (TPSA) is 38.3 Å². The molecule has 2 rings (SSSR count). The van der Waals surface area contributed by atoms with Crippen LogP contribution in [0.4, 0.5) is 4.79 Å². The number of nitrogens with one attached hydrogen (secondary N) is 1. The van der Waals surface area contributed by atoms with Gasteiger partial charge < -0.3 is 10.1 Å². The zero-order valence-electron chi connectivity index (χ0n) is 10.9. The molecule has 0 unspecified atom stereocenters. The third kappa shape index (κ3) is 3.25. The van der Waals surface area contributed by atoms with Gasteiger partial charge in [-0.05, 0) is 56.9 Å². The predicted octanol–water partition coefficient (Wildman–Crippen LogP) is 3.96. The second-order valence-electron chi connectivity index (χ2n) is 5.58. The lowest BCUT2D eigenvalue weighted by Gasteiger charge is -2.22. The molecule has 0 aromatic heterocycles. The third-order valence-corrected chi connectivity index (χ3v) is 3.37. The van der Waals surface area contributed by atoms with Crippen molar-refractivity contribution in [3.8, 4) is 0 Å². The van der Waals surface area contributed by atoms with Gasteiger partial charge in [-0.2, -0.15) is 0 Å². The SMILES string of the molecule is CC(C)(C)OC(=O)N[C@H]1CCc2cc(Br)ccc21. The van der Waals surface area contributed by atoms with E-state index in [1.54, 1.807) is 0 Å². The van der Waals surface area contributed by atoms with Gasteiger partial charge >= 0.3 is 6.09 Å². The first-order valence-electron chi connectivity index (χ1n) is 6.13. The summed E-state index contributed by atoms with van der Waals surface area (Å²) in [6.45, 7) is 5.60. The lowest BCUT2D eigenvalue weighted by Crippen LogP contribution is -2.34. The fourth-order valence-corrected chi connectivity index (χ4v) is 2.59. The van der Waals surface area contributed by atoms with Gasteiger partial charge in [-0.1, -0.05) is 22.0 Å². The summed E-state index contributed by atoms with van der Waals surface area (Å²) >= 11 is 3.46. The van der Waals surface area contributed by atoms with Gasteiger partial charge in [0.1, 0.15) is 5.60 Å². The number of fused-ring (bicyclic) bond motifs is 1. The van der Waals surface area contributed by atoms with Crippen LogP contribution in [0.25, 0.3) is 0 Å². The van der Waals surface area contributed by atoms with Gasteiger partial charge in [0.25, 0.3) is 0 Å². The second kappa shape index (κ2) is 4.92. The fourth-order valence-electron chi connectivity index (χ4n) is 2.19. The number of amides is 1. The molecule has 1 aliphatic carbocycles. The van der Waals surface area contributed by atoms with E-state index in [-0.39, 0.29) is 12.1 Å². The number of alkyl carbamates (subject to hydrolysis) is 1. The first-order valence-corrected chi connectivity index (χ1v) is 6.92. The standard InChI is InChI=1S/C14H18BrNO2/c1-14(2,3)18-13(17)16-12-7-4-9-8-10(15)5-6-11(9)12/h5-6,8,12H,4,7H2,1-3H3,(H,16,17)/t12-/m0/s1. The molecule has 3 nitrogen and oxygen atoms in total. The molecule has 1 aliphatic rings. The van der Waals surface area contributed by atoms with E-state index in [2.05, 4.69) is 33.4 Å². The number of benzene rings is 1. The number of ether oxygens (including phenoxy) is 1. The number of hydrogen-bond acceptors (Lipinski definition) is 2. The number of halogens is 1. The van der Waals surface area contributed by atoms with Crippen LogP contribution in [0.15, 0.2) is 22.7 Å². The van der Waals surface area contributed by atoms with E-state index >= 15 is 0 Å². The van der Waals surface area contributed by atoms with Crippen molar-refractivity contribution in [3.05, 3.63) is 33.8 Å². The molecule has 0 radical (unpaired) electrons. The molecular formula is C14H18BrNO2. The Morgan fingerprint density at radius 2 is 2.17 bits per heavy atom. The van der Waals surface area contributed by atoms with Gasteiger partial charge in [0, 0.05) is 4.47 Å². The van der Waals surface area contributed by atoms with E-state index < -0.39 is 5.60 Å². The normalized spacial score (nSPS) is 18.3. The lowest BCUT2D eigenvalue weighted by atomic mass is 10.1. The molecule has 1 aromatic carbocycles. The molecule has 1 atom stereocenters. The van der Waals surface area contributed by atoms with Crippen LogP contribution in [-0.2, 0) is 11.2 Å². The molecule has 98 valence electrons. The second-order valence-corrected chi connectivity index (χ2v) is 6.50. The van der Waals surface area contributed by atoms with E-state index in [1.165, 1.54) is 11.1 Å². The molecule has 0 fully saturated rings. The maximum Gasteiger partial charge on any atom is 0.408 e. The average Bonchev–Trinajstić information content (AvgIpc) is 2.57. The number of hydrogen-bond donors (Lipinski definition) is 1. The molecule has 0 saturated carbocycles. The number of carbonyl (C=O) groups excluding carboxylic acids is 1. The van der Waals surface area contributed by atoms with Crippen molar-refractivity contribution >= 4 is 22.0 Å². The maximum atomic E-state index is 11.7. The van der Waals surface area contributed by atoms with Crippen molar-refractivity contribution < 1.29 is 9.53 Å². The van der Waals surface area contributed by atoms with E-state index in [0.717, 1.165) is 17.3 Å². The minimum atomic E-state index is -0.453. The highest BCUT2D eigenvalue weighted by molar-refractivity contribution is 9.10. The van der Waals surface area contributed by atoms with Crippen LogP contribution in [0.1, 0.15) is 44.4 Å². The Morgan fingerprint density at radius 3 is 2.83 bits per heavy atom. The van der Waals surface area contributed by atoms with Crippen molar-refractivity contribution in [1.82, 2.24) is 5.32 Å². The highest BCUT2D eigenvalue weighted by Gasteiger charge is 2.26. The van der Waals surface area contributed by atoms with Gasteiger partial charge in [-0.15, -0.1) is 0 Å². The van der Waals surface area contributed by atoms with E-state index in [9.17, 15) is 4.79 Å². The van der Waals surface area contributed by atoms with Gasteiger partial charge in [-0.25, -0.2) is 4.79 Å². The Labute approximate surface area is 116 Å². The molecule has 1 N–H and O–H groups in total. The molecule has 0 spiro atoms. The maximum absolute atomic E-state index is 11.7. The van der Waals surface area contributed by atoms with Gasteiger partial charge in [0.15, 0.2) is 0 Å². The Morgan fingerprint density at radius 1 is 1.44 bits per heavy atom. The van der Waals surface area contributed by atoms with Gasteiger partial charge in [0.05, 0.1) is 6.04 Å². The van der Waals surface area contributed by atoms with E-state index in [1.807, 2.05) is 26.8 Å². The largest absolute Gasteiger partial charge is 0.444 e. The quantitative estimate of drug-likeness (QED) is 0.852. The summed E-state index contributed by atoms with van der Waals surface area (Å²) in [5.41, 5.74) is 2.04. The van der Waals surface area contributed by atoms with Crippen molar-refractivity contribution in [1.29, 1.82) is 0 Å². The average molecular weight is 312 g/mol. The zero-order chi connectivity index (χ0) is 13.3. The van der Waals surface area contributed by atoms with Crippen molar-refractivity contribution in [3.63, 3.8) is 0 Å². The minimum absolute atomic E-state index is 0.0722. The first-order chi connectivity index (χ1) is 8.35. The van der Waals surface area contributed by atoms with Crippen molar-refractivity contribution in [2.45, 2.75) is 45.3 Å². The predicted molar refractivity (Wildman–Crippen MR) is 74.6 cm³/mol. The molecule has 0 aliphatic heterocycles. The van der Waals surface area contributed by atoms with Crippen molar-refractivity contribution in [2.75, 3.05) is 0 Å². The third-order valence-electron chi connectivity index (χ3n) is 2.87. The fraction of sp³-hybridized carbons (Fsp3) is 0.500. The molecule has 18 heavy (non-hydrogen) atoms. The number of rotatable bonds is 1. The van der Waals surface area contributed by atoms with Crippen molar-refractivity contribution in [2.24, 2.45) is 0 Å². The van der Waals surface area contributed by atoms with Crippen LogP contribution in [0.5, 0.6) is 0 Å². The molecule has 0 heterocycles. The van der Waals surface area contributed by atoms with Crippen LogP contribution >= 0.6 is 15.9 Å². The van der Waals surface area contributed by atoms with Gasteiger partial charge in [-0.3, -0.25) is 0 Å². The molecule has 4 heteroatoms. The summed E-state index contributed by atoms with van der Waals surface area (Å²) in [5, 5.41) is 2.93.